The highest BCUT2D eigenvalue weighted by atomic mass is 32.5. The Morgan fingerprint density at radius 3 is 2.18 bits per heavy atom. The Balaban J connectivity index is 2.62. The lowest BCUT2D eigenvalue weighted by atomic mass is 10.1. The highest BCUT2D eigenvalue weighted by molar-refractivity contribution is 8.45. The van der Waals surface area contributed by atoms with Crippen LogP contribution in [0.15, 0.2) is 46.2 Å². The molecule has 0 amide bonds. The lowest BCUT2D eigenvalue weighted by molar-refractivity contribution is 0.0599. The van der Waals surface area contributed by atoms with Crippen molar-refractivity contribution in [3.05, 3.63) is 47.5 Å². The molecular formula is C16H16F5NO4S2. The maximum Gasteiger partial charge on any atom is 0.338 e. The van der Waals surface area contributed by atoms with Crippen molar-refractivity contribution in [2.24, 2.45) is 0 Å². The first-order chi connectivity index (χ1) is 12.4. The first kappa shape index (κ1) is 22.0. The second-order valence-electron chi connectivity index (χ2n) is 6.05. The summed E-state index contributed by atoms with van der Waals surface area (Å²) in [6.07, 6.45) is 0.828. The number of methoxy groups -OCH3 is 1. The lowest BCUT2D eigenvalue weighted by Crippen LogP contribution is -2.10. The third-order valence-electron chi connectivity index (χ3n) is 3.69. The molecule has 2 aromatic carbocycles. The minimum atomic E-state index is -9.91. The van der Waals surface area contributed by atoms with E-state index in [9.17, 15) is 32.6 Å². The highest BCUT2D eigenvalue weighted by Crippen LogP contribution is 3.02. The van der Waals surface area contributed by atoms with Gasteiger partial charge in [0.15, 0.2) is 9.84 Å². The molecule has 2 aromatic rings. The maximum absolute atomic E-state index is 13.0. The fourth-order valence-electron chi connectivity index (χ4n) is 2.39. The van der Waals surface area contributed by atoms with Crippen LogP contribution in [-0.4, -0.2) is 27.8 Å². The lowest BCUT2D eigenvalue weighted by Gasteiger charge is -2.40. The van der Waals surface area contributed by atoms with Crippen molar-refractivity contribution in [1.29, 1.82) is 0 Å². The molecule has 1 N–H and O–H groups in total. The first-order valence-electron chi connectivity index (χ1n) is 7.46. The molecule has 0 bridgehead atoms. The number of carbonyl (C=O) groups excluding carboxylic acids is 1. The summed E-state index contributed by atoms with van der Waals surface area (Å²) < 4.78 is 93.7. The molecule has 2 rings (SSSR count). The van der Waals surface area contributed by atoms with E-state index < -0.39 is 41.5 Å². The van der Waals surface area contributed by atoms with Crippen LogP contribution in [0.25, 0.3) is 0 Å². The zero-order valence-electron chi connectivity index (χ0n) is 14.8. The summed E-state index contributed by atoms with van der Waals surface area (Å²) in [5.74, 6) is -0.808. The van der Waals surface area contributed by atoms with E-state index in [1.165, 1.54) is 13.0 Å². The number of sulfone groups is 1. The fraction of sp³-hybridized carbons (Fsp3) is 0.188. The molecule has 0 aromatic heterocycles. The van der Waals surface area contributed by atoms with Gasteiger partial charge in [-0.25, -0.2) is 13.2 Å². The van der Waals surface area contributed by atoms with Gasteiger partial charge in [-0.15, -0.1) is 0 Å². The molecule has 28 heavy (non-hydrogen) atoms. The molecule has 0 atom stereocenters. The zero-order chi connectivity index (χ0) is 21.6. The van der Waals surface area contributed by atoms with E-state index in [0.29, 0.717) is 0 Å². The number of halogens is 5. The largest absolute Gasteiger partial charge is 0.465 e. The molecule has 0 saturated carbocycles. The third-order valence-corrected chi connectivity index (χ3v) is 5.97. The number of carbonyl (C=O) groups is 1. The van der Waals surface area contributed by atoms with E-state index in [0.717, 1.165) is 31.6 Å². The Morgan fingerprint density at radius 1 is 1.07 bits per heavy atom. The average molecular weight is 445 g/mol. The van der Waals surface area contributed by atoms with Gasteiger partial charge in [-0.3, -0.25) is 0 Å². The number of anilines is 2. The van der Waals surface area contributed by atoms with Crippen LogP contribution in [0.4, 0.5) is 30.8 Å². The minimum absolute atomic E-state index is 0.0609. The van der Waals surface area contributed by atoms with E-state index in [2.05, 4.69) is 10.1 Å². The molecule has 0 aliphatic rings. The van der Waals surface area contributed by atoms with E-state index in [-0.39, 0.29) is 28.9 Å². The Bertz CT molecular complexity index is 1070. The van der Waals surface area contributed by atoms with Crippen molar-refractivity contribution in [3.8, 4) is 0 Å². The molecule has 0 aliphatic carbocycles. The second kappa shape index (κ2) is 6.08. The van der Waals surface area contributed by atoms with E-state index in [4.69, 9.17) is 0 Å². The number of benzene rings is 2. The van der Waals surface area contributed by atoms with Crippen LogP contribution in [0, 0.1) is 6.92 Å². The van der Waals surface area contributed by atoms with Gasteiger partial charge < -0.3 is 10.1 Å². The average Bonchev–Trinajstić information content (AvgIpc) is 2.51. The number of hydrogen-bond acceptors (Lipinski definition) is 5. The van der Waals surface area contributed by atoms with Gasteiger partial charge in [0.25, 0.3) is 0 Å². The van der Waals surface area contributed by atoms with Crippen molar-refractivity contribution in [2.75, 3.05) is 18.7 Å². The normalized spacial score (nSPS) is 14.7. The Morgan fingerprint density at radius 2 is 1.68 bits per heavy atom. The summed E-state index contributed by atoms with van der Waals surface area (Å²) in [6.45, 7) is 1.45. The number of ether oxygens (including phenoxy) is 1. The summed E-state index contributed by atoms with van der Waals surface area (Å²) >= 11 is 0. The number of hydrogen-bond donors (Lipinski definition) is 1. The predicted molar refractivity (Wildman–Crippen MR) is 96.8 cm³/mol. The topological polar surface area (TPSA) is 72.5 Å². The monoisotopic (exact) mass is 445 g/mol. The second-order valence-corrected chi connectivity index (χ2v) is 10.4. The summed E-state index contributed by atoms with van der Waals surface area (Å²) in [5.41, 5.74) is -0.368. The van der Waals surface area contributed by atoms with E-state index in [1.54, 1.807) is 0 Å². The standard InChI is InChI=1S/C16H16F5NO4S2/c1-10-7-14(15(27(3,24)25)9-13(10)16(23)26-2)22-11-5-4-6-12(8-11)28(17,18,19,20)21/h4-9,22H,1-3H3. The summed E-state index contributed by atoms with van der Waals surface area (Å²) in [4.78, 5) is 9.24. The molecular weight excluding hydrogens is 429 g/mol. The smallest absolute Gasteiger partial charge is 0.338 e. The zero-order valence-corrected chi connectivity index (χ0v) is 16.4. The Hall–Kier alpha value is -2.34. The van der Waals surface area contributed by atoms with E-state index >= 15 is 0 Å². The molecule has 0 unspecified atom stereocenters. The quantitative estimate of drug-likeness (QED) is 0.480. The minimum Gasteiger partial charge on any atom is -0.465 e. The van der Waals surface area contributed by atoms with Gasteiger partial charge in [0.05, 0.1) is 23.3 Å². The SMILES string of the molecule is COC(=O)c1cc(S(C)(=O)=O)c(Nc2cccc(S(F)(F)(F)(F)F)c2)cc1C. The van der Waals surface area contributed by atoms with Crippen LogP contribution in [0.2, 0.25) is 0 Å². The molecule has 0 aliphatic heterocycles. The van der Waals surface area contributed by atoms with Crippen LogP contribution >= 0.6 is 10.2 Å². The number of rotatable bonds is 5. The van der Waals surface area contributed by atoms with Crippen molar-refractivity contribution >= 4 is 37.4 Å². The predicted octanol–water partition coefficient (Wildman–Crippen LogP) is 5.59. The van der Waals surface area contributed by atoms with Gasteiger partial charge in [-0.2, -0.15) is 0 Å². The third kappa shape index (κ3) is 4.93. The molecule has 12 heteroatoms. The molecule has 156 valence electrons. The number of aryl methyl sites for hydroxylation is 1. The van der Waals surface area contributed by atoms with Crippen molar-refractivity contribution < 1.29 is 37.4 Å². The molecule has 0 heterocycles. The van der Waals surface area contributed by atoms with Crippen molar-refractivity contribution in [2.45, 2.75) is 16.7 Å². The number of nitrogens with one attached hydrogen (secondary N) is 1. The van der Waals surface area contributed by atoms with Crippen LogP contribution < -0.4 is 5.32 Å². The van der Waals surface area contributed by atoms with Crippen LogP contribution in [0.3, 0.4) is 0 Å². The molecule has 5 nitrogen and oxygen atoms in total. The van der Waals surface area contributed by atoms with Crippen molar-refractivity contribution in [1.82, 2.24) is 0 Å². The van der Waals surface area contributed by atoms with Crippen molar-refractivity contribution in [3.63, 3.8) is 0 Å². The summed E-state index contributed by atoms with van der Waals surface area (Å²) in [7, 11) is -12.7. The first-order valence-corrected chi connectivity index (χ1v) is 11.3. The van der Waals surface area contributed by atoms with Gasteiger partial charge in [0, 0.05) is 11.9 Å². The van der Waals surface area contributed by atoms with Gasteiger partial charge in [0.2, 0.25) is 0 Å². The van der Waals surface area contributed by atoms with Gasteiger partial charge in [-0.05, 0) is 42.8 Å². The molecule has 0 spiro atoms. The summed E-state index contributed by atoms with van der Waals surface area (Å²) in [5, 5.41) is 2.41. The highest BCUT2D eigenvalue weighted by Gasteiger charge is 2.65. The Kier molecular flexibility index (Phi) is 4.77. The van der Waals surface area contributed by atoms with E-state index in [1.807, 2.05) is 0 Å². The molecule has 0 saturated heterocycles. The van der Waals surface area contributed by atoms with Crippen LogP contribution in [-0.2, 0) is 14.6 Å². The van der Waals surface area contributed by atoms with Gasteiger partial charge in [0.1, 0.15) is 4.90 Å². The summed E-state index contributed by atoms with van der Waals surface area (Å²) in [6, 6.07) is 4.48. The maximum atomic E-state index is 13.0. The molecule has 0 fully saturated rings. The van der Waals surface area contributed by atoms with Gasteiger partial charge >= 0.3 is 16.2 Å². The Labute approximate surface area is 158 Å². The molecule has 0 radical (unpaired) electrons. The van der Waals surface area contributed by atoms with Gasteiger partial charge in [-0.1, -0.05) is 25.5 Å². The van der Waals surface area contributed by atoms with Crippen LogP contribution in [0.5, 0.6) is 0 Å². The number of esters is 1. The van der Waals surface area contributed by atoms with Crippen LogP contribution in [0.1, 0.15) is 15.9 Å². The fourth-order valence-corrected chi connectivity index (χ4v) is 3.92.